The van der Waals surface area contributed by atoms with Crippen molar-refractivity contribution >= 4 is 26.5 Å². The van der Waals surface area contributed by atoms with Gasteiger partial charge in [-0.05, 0) is 55.7 Å². The van der Waals surface area contributed by atoms with E-state index in [1.807, 2.05) is 0 Å². The van der Waals surface area contributed by atoms with Gasteiger partial charge in [0.25, 0.3) is 10.0 Å². The third-order valence-corrected chi connectivity index (χ3v) is 8.57. The summed E-state index contributed by atoms with van der Waals surface area (Å²) < 4.78 is 46.3. The Morgan fingerprint density at radius 1 is 1.07 bits per heavy atom. The molecular formula is C21H20N2O4S2. The fraction of sp³-hybridized carbons (Fsp3) is 0.286. The molecule has 1 aromatic heterocycles. The summed E-state index contributed by atoms with van der Waals surface area (Å²) in [5.41, 5.74) is 1.29. The lowest BCUT2D eigenvalue weighted by Crippen LogP contribution is -2.31. The number of fused-ring (bicyclic) bond motifs is 1. The van der Waals surface area contributed by atoms with E-state index in [2.05, 4.69) is 4.98 Å². The number of hydrogen-bond donors (Lipinski definition) is 0. The number of sulfonamides is 1. The summed E-state index contributed by atoms with van der Waals surface area (Å²) in [6.07, 6.45) is 4.45. The monoisotopic (exact) mass is 428 g/mol. The maximum atomic E-state index is 13.4. The summed E-state index contributed by atoms with van der Waals surface area (Å²) in [7, 11) is -4.96. The Bertz CT molecular complexity index is 1180. The van der Waals surface area contributed by atoms with Crippen LogP contribution in [-0.2, 0) is 20.8 Å². The SMILES string of the molecule is O=S1CCCN(S(=O)(=O)c2ccc(-c3cnc(C4CC4)o3)cc2)c2ccccc21. The lowest BCUT2D eigenvalue weighted by Gasteiger charge is -2.24. The van der Waals surface area contributed by atoms with Crippen LogP contribution in [0.25, 0.3) is 11.3 Å². The highest BCUT2D eigenvalue weighted by molar-refractivity contribution is 7.93. The van der Waals surface area contributed by atoms with Crippen LogP contribution in [0.4, 0.5) is 5.69 Å². The summed E-state index contributed by atoms with van der Waals surface area (Å²) in [4.78, 5) is 5.09. The number of rotatable bonds is 4. The maximum absolute atomic E-state index is 13.4. The number of oxazole rings is 1. The number of benzene rings is 2. The van der Waals surface area contributed by atoms with Gasteiger partial charge in [-0.1, -0.05) is 12.1 Å². The Hall–Kier alpha value is -2.45. The van der Waals surface area contributed by atoms with Gasteiger partial charge in [0.2, 0.25) is 0 Å². The average molecular weight is 429 g/mol. The smallest absolute Gasteiger partial charge is 0.264 e. The minimum atomic E-state index is -3.77. The van der Waals surface area contributed by atoms with Gasteiger partial charge in [-0.3, -0.25) is 8.51 Å². The van der Waals surface area contributed by atoms with E-state index in [1.165, 1.54) is 4.31 Å². The van der Waals surface area contributed by atoms with Crippen molar-refractivity contribution in [2.24, 2.45) is 0 Å². The molecule has 3 aromatic rings. The topological polar surface area (TPSA) is 80.5 Å². The van der Waals surface area contributed by atoms with E-state index in [0.29, 0.717) is 41.0 Å². The molecule has 2 aromatic carbocycles. The molecule has 0 amide bonds. The second-order valence-corrected chi connectivity index (χ2v) is 10.7. The highest BCUT2D eigenvalue weighted by atomic mass is 32.2. The maximum Gasteiger partial charge on any atom is 0.264 e. The van der Waals surface area contributed by atoms with E-state index < -0.39 is 20.8 Å². The molecule has 2 aliphatic rings. The minimum absolute atomic E-state index is 0.200. The van der Waals surface area contributed by atoms with E-state index in [1.54, 1.807) is 54.7 Å². The summed E-state index contributed by atoms with van der Waals surface area (Å²) in [6, 6.07) is 13.7. The van der Waals surface area contributed by atoms with Crippen LogP contribution in [0.3, 0.4) is 0 Å². The molecule has 1 aliphatic carbocycles. The average Bonchev–Trinajstić information content (AvgIpc) is 3.50. The van der Waals surface area contributed by atoms with Gasteiger partial charge < -0.3 is 4.42 Å². The van der Waals surface area contributed by atoms with Crippen molar-refractivity contribution in [3.8, 4) is 11.3 Å². The second kappa shape index (κ2) is 7.11. The van der Waals surface area contributed by atoms with Crippen LogP contribution in [0.5, 0.6) is 0 Å². The third-order valence-electron chi connectivity index (χ3n) is 5.25. The predicted molar refractivity (Wildman–Crippen MR) is 111 cm³/mol. The van der Waals surface area contributed by atoms with E-state index in [4.69, 9.17) is 4.42 Å². The highest BCUT2D eigenvalue weighted by Gasteiger charge is 2.31. The first-order valence-electron chi connectivity index (χ1n) is 9.60. The van der Waals surface area contributed by atoms with Crippen LogP contribution in [0, 0.1) is 0 Å². The van der Waals surface area contributed by atoms with Crippen molar-refractivity contribution in [1.82, 2.24) is 4.98 Å². The largest absolute Gasteiger partial charge is 0.440 e. The quantitative estimate of drug-likeness (QED) is 0.629. The molecule has 8 heteroatoms. The standard InChI is InChI=1S/C21H20N2O4S2/c24-28-13-3-12-23(18-4-1-2-5-20(18)28)29(25,26)17-10-8-15(9-11-17)19-14-22-21(27-19)16-6-7-16/h1-2,4-5,8-11,14,16H,3,6-7,12-13H2. The molecule has 1 saturated carbocycles. The number of aromatic nitrogens is 1. The molecule has 1 aliphatic heterocycles. The molecule has 1 fully saturated rings. The van der Waals surface area contributed by atoms with Gasteiger partial charge in [0.1, 0.15) is 0 Å². The van der Waals surface area contributed by atoms with Crippen molar-refractivity contribution in [2.75, 3.05) is 16.6 Å². The van der Waals surface area contributed by atoms with Gasteiger partial charge in [0, 0.05) is 23.8 Å². The van der Waals surface area contributed by atoms with Crippen LogP contribution in [0.1, 0.15) is 31.1 Å². The summed E-state index contributed by atoms with van der Waals surface area (Å²) in [5.74, 6) is 2.28. The van der Waals surface area contributed by atoms with Crippen molar-refractivity contribution < 1.29 is 17.0 Å². The first kappa shape index (κ1) is 18.6. The molecule has 1 atom stereocenters. The Labute approximate surface area is 172 Å². The van der Waals surface area contributed by atoms with E-state index in [-0.39, 0.29) is 4.90 Å². The molecule has 0 bridgehead atoms. The highest BCUT2D eigenvalue weighted by Crippen LogP contribution is 2.40. The number of nitrogens with zero attached hydrogens (tertiary/aromatic N) is 2. The van der Waals surface area contributed by atoms with Crippen LogP contribution in [0.2, 0.25) is 0 Å². The van der Waals surface area contributed by atoms with Crippen molar-refractivity contribution in [1.29, 1.82) is 0 Å². The second-order valence-electron chi connectivity index (χ2n) is 7.31. The zero-order chi connectivity index (χ0) is 20.0. The molecule has 29 heavy (non-hydrogen) atoms. The molecule has 1 unspecified atom stereocenters. The normalized spacial score (nSPS) is 19.6. The fourth-order valence-corrected chi connectivity index (χ4v) is 6.37. The zero-order valence-electron chi connectivity index (χ0n) is 15.7. The van der Waals surface area contributed by atoms with Crippen molar-refractivity contribution in [3.05, 3.63) is 60.6 Å². The lowest BCUT2D eigenvalue weighted by molar-refractivity contribution is 0.509. The van der Waals surface area contributed by atoms with Crippen molar-refractivity contribution in [3.63, 3.8) is 0 Å². The molecule has 6 nitrogen and oxygen atoms in total. The number of para-hydroxylation sites is 1. The number of anilines is 1. The van der Waals surface area contributed by atoms with Gasteiger partial charge in [-0.25, -0.2) is 13.4 Å². The van der Waals surface area contributed by atoms with E-state index in [9.17, 15) is 12.6 Å². The molecule has 0 saturated heterocycles. The fourth-order valence-electron chi connectivity index (χ4n) is 3.53. The van der Waals surface area contributed by atoms with Gasteiger partial charge >= 0.3 is 0 Å². The number of hydrogen-bond acceptors (Lipinski definition) is 5. The molecule has 150 valence electrons. The summed E-state index contributed by atoms with van der Waals surface area (Å²) >= 11 is 0. The Morgan fingerprint density at radius 3 is 2.59 bits per heavy atom. The van der Waals surface area contributed by atoms with Crippen LogP contribution >= 0.6 is 0 Å². The molecule has 0 radical (unpaired) electrons. The Kier molecular flexibility index (Phi) is 4.55. The Morgan fingerprint density at radius 2 is 1.83 bits per heavy atom. The van der Waals surface area contributed by atoms with Crippen LogP contribution in [-0.4, -0.2) is 29.9 Å². The van der Waals surface area contributed by atoms with Crippen LogP contribution in [0.15, 0.2) is 68.9 Å². The molecule has 2 heterocycles. The lowest BCUT2D eigenvalue weighted by atomic mass is 10.2. The minimum Gasteiger partial charge on any atom is -0.440 e. The van der Waals surface area contributed by atoms with E-state index >= 15 is 0 Å². The predicted octanol–water partition coefficient (Wildman–Crippen LogP) is 3.93. The molecule has 5 rings (SSSR count). The summed E-state index contributed by atoms with van der Waals surface area (Å²) in [6.45, 7) is 0.305. The first-order chi connectivity index (χ1) is 14.0. The molecule has 0 spiro atoms. The van der Waals surface area contributed by atoms with Gasteiger partial charge in [0.05, 0.1) is 32.5 Å². The van der Waals surface area contributed by atoms with Gasteiger partial charge in [0.15, 0.2) is 11.7 Å². The van der Waals surface area contributed by atoms with E-state index in [0.717, 1.165) is 24.3 Å². The van der Waals surface area contributed by atoms with Gasteiger partial charge in [-0.15, -0.1) is 0 Å². The third kappa shape index (κ3) is 3.40. The molecular weight excluding hydrogens is 408 g/mol. The Balaban J connectivity index is 1.48. The van der Waals surface area contributed by atoms with Gasteiger partial charge in [-0.2, -0.15) is 0 Å². The van der Waals surface area contributed by atoms with Crippen LogP contribution < -0.4 is 4.31 Å². The first-order valence-corrected chi connectivity index (χ1v) is 12.4. The van der Waals surface area contributed by atoms with Crippen molar-refractivity contribution in [2.45, 2.75) is 35.0 Å². The molecule has 0 N–H and O–H groups in total. The summed E-state index contributed by atoms with van der Waals surface area (Å²) in [5, 5.41) is 0. The zero-order valence-corrected chi connectivity index (χ0v) is 17.3.